The number of carbonyl (C=O) groups excluding carboxylic acids is 1. The Morgan fingerprint density at radius 3 is 2.71 bits per heavy atom. The molecule has 0 spiro atoms. The van der Waals surface area contributed by atoms with Crippen LogP contribution in [0.5, 0.6) is 0 Å². The molecule has 0 bridgehead atoms. The Bertz CT molecular complexity index is 820. The summed E-state index contributed by atoms with van der Waals surface area (Å²) in [6.07, 6.45) is 0. The second kappa shape index (κ2) is 5.33. The van der Waals surface area contributed by atoms with Gasteiger partial charge < -0.3 is 10.1 Å². The highest BCUT2D eigenvalue weighted by molar-refractivity contribution is 6.32. The van der Waals surface area contributed by atoms with Gasteiger partial charge in [0, 0.05) is 0 Å². The number of hydrogen-bond acceptors (Lipinski definition) is 8. The maximum absolute atomic E-state index is 11.7. The number of esters is 1. The summed E-state index contributed by atoms with van der Waals surface area (Å²) in [4.78, 5) is 19.8. The molecule has 0 aliphatic heterocycles. The number of aromatic nitrogens is 4. The summed E-state index contributed by atoms with van der Waals surface area (Å²) in [5, 5.41) is 10.1. The maximum atomic E-state index is 11.7. The standard InChI is InChI=1S/C12H8ClN5O3/c1-20-12(19)6-4-2-3-5-7(6)14-9-8(13)15-10-11(16-9)18-21-17-10/h2-5H,1H3,(H,14,16,18). The predicted molar refractivity (Wildman–Crippen MR) is 73.5 cm³/mol. The number of nitrogens with zero attached hydrogens (tertiary/aromatic N) is 4. The summed E-state index contributed by atoms with van der Waals surface area (Å²) in [6.45, 7) is 0. The Morgan fingerprint density at radius 1 is 1.24 bits per heavy atom. The van der Waals surface area contributed by atoms with Crippen LogP contribution in [0.4, 0.5) is 11.5 Å². The van der Waals surface area contributed by atoms with Crippen molar-refractivity contribution in [1.82, 2.24) is 20.3 Å². The first-order valence-electron chi connectivity index (χ1n) is 5.79. The lowest BCUT2D eigenvalue weighted by molar-refractivity contribution is 0.0602. The minimum absolute atomic E-state index is 0.0814. The number of hydrogen-bond donors (Lipinski definition) is 1. The van der Waals surface area contributed by atoms with Gasteiger partial charge in [-0.05, 0) is 22.4 Å². The van der Waals surface area contributed by atoms with Crippen LogP contribution in [-0.2, 0) is 4.74 Å². The van der Waals surface area contributed by atoms with Crippen LogP contribution in [0.1, 0.15) is 10.4 Å². The average Bonchev–Trinajstić information content (AvgIpc) is 2.94. The van der Waals surface area contributed by atoms with E-state index in [0.717, 1.165) is 0 Å². The van der Waals surface area contributed by atoms with Crippen LogP contribution in [0.2, 0.25) is 5.15 Å². The van der Waals surface area contributed by atoms with Crippen molar-refractivity contribution in [3.05, 3.63) is 35.0 Å². The molecule has 0 atom stereocenters. The van der Waals surface area contributed by atoms with E-state index in [0.29, 0.717) is 11.3 Å². The molecule has 0 saturated carbocycles. The summed E-state index contributed by atoms with van der Waals surface area (Å²) < 4.78 is 9.24. The number of benzene rings is 1. The zero-order valence-corrected chi connectivity index (χ0v) is 11.5. The van der Waals surface area contributed by atoms with Gasteiger partial charge >= 0.3 is 5.97 Å². The first kappa shape index (κ1) is 13.3. The van der Waals surface area contributed by atoms with E-state index < -0.39 is 5.97 Å². The summed E-state index contributed by atoms with van der Waals surface area (Å²) >= 11 is 6.01. The highest BCUT2D eigenvalue weighted by Crippen LogP contribution is 2.25. The Kier molecular flexibility index (Phi) is 3.36. The third-order valence-corrected chi connectivity index (χ3v) is 2.92. The highest BCUT2D eigenvalue weighted by atomic mass is 35.5. The van der Waals surface area contributed by atoms with Gasteiger partial charge in [0.05, 0.1) is 18.4 Å². The van der Waals surface area contributed by atoms with Crippen LogP contribution in [0, 0.1) is 0 Å². The number of nitrogens with one attached hydrogen (secondary N) is 1. The van der Waals surface area contributed by atoms with Crippen LogP contribution < -0.4 is 5.32 Å². The van der Waals surface area contributed by atoms with Crippen LogP contribution in [0.3, 0.4) is 0 Å². The van der Waals surface area contributed by atoms with Gasteiger partial charge in [0.1, 0.15) is 0 Å². The van der Waals surface area contributed by atoms with Crippen molar-refractivity contribution in [3.8, 4) is 0 Å². The molecule has 0 fully saturated rings. The molecule has 2 aromatic heterocycles. The number of halogens is 1. The zero-order chi connectivity index (χ0) is 14.8. The number of ether oxygens (including phenoxy) is 1. The normalized spacial score (nSPS) is 10.6. The largest absolute Gasteiger partial charge is 0.465 e. The molecule has 0 amide bonds. The zero-order valence-electron chi connectivity index (χ0n) is 10.7. The smallest absolute Gasteiger partial charge is 0.339 e. The molecular formula is C12H8ClN5O3. The monoisotopic (exact) mass is 305 g/mol. The topological polar surface area (TPSA) is 103 Å². The first-order valence-corrected chi connectivity index (χ1v) is 6.17. The molecule has 21 heavy (non-hydrogen) atoms. The van der Waals surface area contributed by atoms with E-state index in [1.807, 2.05) is 0 Å². The van der Waals surface area contributed by atoms with Gasteiger partial charge in [-0.15, -0.1) is 0 Å². The Balaban J connectivity index is 2.02. The van der Waals surface area contributed by atoms with Crippen molar-refractivity contribution in [1.29, 1.82) is 0 Å². The van der Waals surface area contributed by atoms with Gasteiger partial charge in [-0.2, -0.15) is 0 Å². The number of para-hydroxylation sites is 1. The van der Waals surface area contributed by atoms with Crippen molar-refractivity contribution >= 4 is 40.4 Å². The van der Waals surface area contributed by atoms with E-state index in [2.05, 4.69) is 30.2 Å². The molecule has 106 valence electrons. The summed E-state index contributed by atoms with van der Waals surface area (Å²) in [5.41, 5.74) is 1.23. The van der Waals surface area contributed by atoms with E-state index in [1.54, 1.807) is 24.3 Å². The van der Waals surface area contributed by atoms with Crippen LogP contribution >= 0.6 is 11.6 Å². The molecule has 3 aromatic rings. The lowest BCUT2D eigenvalue weighted by atomic mass is 10.2. The molecule has 0 saturated heterocycles. The second-order valence-corrected chi connectivity index (χ2v) is 4.29. The van der Waals surface area contributed by atoms with E-state index >= 15 is 0 Å². The van der Waals surface area contributed by atoms with Gasteiger partial charge in [-0.1, -0.05) is 23.7 Å². The van der Waals surface area contributed by atoms with Gasteiger partial charge in [0.2, 0.25) is 11.3 Å². The molecule has 1 N–H and O–H groups in total. The molecule has 0 aliphatic carbocycles. The van der Waals surface area contributed by atoms with Crippen molar-refractivity contribution in [2.45, 2.75) is 0 Å². The SMILES string of the molecule is COC(=O)c1ccccc1Nc1nc2nonc2nc1Cl. The summed E-state index contributed by atoms with van der Waals surface area (Å²) in [6, 6.07) is 6.78. The minimum atomic E-state index is -0.480. The Morgan fingerprint density at radius 2 is 1.95 bits per heavy atom. The van der Waals surface area contributed by atoms with Gasteiger partial charge in [-0.3, -0.25) is 0 Å². The van der Waals surface area contributed by atoms with Crippen LogP contribution in [-0.4, -0.2) is 33.4 Å². The summed E-state index contributed by atoms with van der Waals surface area (Å²) in [7, 11) is 1.30. The van der Waals surface area contributed by atoms with Gasteiger partial charge in [-0.25, -0.2) is 19.4 Å². The van der Waals surface area contributed by atoms with E-state index in [4.69, 9.17) is 16.3 Å². The lowest BCUT2D eigenvalue weighted by Gasteiger charge is -2.10. The van der Waals surface area contributed by atoms with E-state index in [9.17, 15) is 4.79 Å². The van der Waals surface area contributed by atoms with Gasteiger partial charge in [0.25, 0.3) is 0 Å². The van der Waals surface area contributed by atoms with Crippen molar-refractivity contribution in [2.75, 3.05) is 12.4 Å². The van der Waals surface area contributed by atoms with E-state index in [-0.39, 0.29) is 22.3 Å². The number of carbonyl (C=O) groups is 1. The minimum Gasteiger partial charge on any atom is -0.465 e. The second-order valence-electron chi connectivity index (χ2n) is 3.94. The number of fused-ring (bicyclic) bond motifs is 1. The molecule has 0 unspecified atom stereocenters. The molecule has 2 heterocycles. The fourth-order valence-corrected chi connectivity index (χ4v) is 1.87. The van der Waals surface area contributed by atoms with Crippen molar-refractivity contribution in [3.63, 3.8) is 0 Å². The fourth-order valence-electron chi connectivity index (χ4n) is 1.71. The molecular weight excluding hydrogens is 298 g/mol. The molecule has 0 radical (unpaired) electrons. The molecule has 0 aliphatic rings. The van der Waals surface area contributed by atoms with Crippen LogP contribution in [0.15, 0.2) is 28.9 Å². The number of anilines is 2. The third kappa shape index (κ3) is 2.48. The Hall–Kier alpha value is -2.74. The summed E-state index contributed by atoms with van der Waals surface area (Å²) in [5.74, 6) is -0.248. The predicted octanol–water partition coefficient (Wildman–Crippen LogP) is 2.20. The fraction of sp³-hybridized carbons (Fsp3) is 0.0833. The number of rotatable bonds is 3. The highest BCUT2D eigenvalue weighted by Gasteiger charge is 2.15. The molecule has 3 rings (SSSR count). The van der Waals surface area contributed by atoms with Crippen LogP contribution in [0.25, 0.3) is 11.3 Å². The quantitative estimate of drug-likeness (QED) is 0.734. The van der Waals surface area contributed by atoms with Crippen molar-refractivity contribution < 1.29 is 14.2 Å². The Labute approximate surface area is 123 Å². The van der Waals surface area contributed by atoms with Gasteiger partial charge in [0.15, 0.2) is 11.0 Å². The van der Waals surface area contributed by atoms with Crippen molar-refractivity contribution in [2.24, 2.45) is 0 Å². The lowest BCUT2D eigenvalue weighted by Crippen LogP contribution is -2.06. The first-order chi connectivity index (χ1) is 10.2. The maximum Gasteiger partial charge on any atom is 0.339 e. The third-order valence-electron chi connectivity index (χ3n) is 2.66. The van der Waals surface area contributed by atoms with E-state index in [1.165, 1.54) is 7.11 Å². The average molecular weight is 306 g/mol. The molecule has 8 nitrogen and oxygen atoms in total. The molecule has 1 aromatic carbocycles. The molecule has 9 heteroatoms. The number of methoxy groups -OCH3 is 1.